The van der Waals surface area contributed by atoms with Crippen molar-refractivity contribution < 1.29 is 18.8 Å². The summed E-state index contributed by atoms with van der Waals surface area (Å²) in [7, 11) is 0. The molecule has 4 rings (SSSR count). The number of hydrogen-bond acceptors (Lipinski definition) is 8. The fourth-order valence-corrected chi connectivity index (χ4v) is 3.59. The molecular formula is C25H28N4O4. The molecule has 8 nitrogen and oxygen atoms in total. The van der Waals surface area contributed by atoms with E-state index in [1.165, 1.54) is 24.5 Å². The van der Waals surface area contributed by atoms with Gasteiger partial charge in [0.15, 0.2) is 0 Å². The molecule has 0 spiro atoms. The molecule has 33 heavy (non-hydrogen) atoms. The van der Waals surface area contributed by atoms with Gasteiger partial charge in [-0.2, -0.15) is 10.2 Å². The average molecular weight is 449 g/mol. The van der Waals surface area contributed by atoms with Crippen molar-refractivity contribution in [1.29, 1.82) is 5.26 Å². The van der Waals surface area contributed by atoms with E-state index in [1.807, 2.05) is 32.0 Å². The maximum absolute atomic E-state index is 9.92. The number of esters is 1. The number of aryl methyl sites for hydroxylation is 1. The van der Waals surface area contributed by atoms with Gasteiger partial charge in [-0.1, -0.05) is 23.4 Å². The zero-order valence-electron chi connectivity index (χ0n) is 19.1. The van der Waals surface area contributed by atoms with Crippen LogP contribution in [0.15, 0.2) is 40.9 Å². The zero-order chi connectivity index (χ0) is 23.8. The number of carbonyl (C=O) groups is 1. The summed E-state index contributed by atoms with van der Waals surface area (Å²) < 4.78 is 15.6. The van der Waals surface area contributed by atoms with Crippen LogP contribution < -0.4 is 10.5 Å². The summed E-state index contributed by atoms with van der Waals surface area (Å²) in [6.45, 7) is 5.94. The van der Waals surface area contributed by atoms with E-state index in [2.05, 4.69) is 27.0 Å². The molecule has 0 unspecified atom stereocenters. The topological polar surface area (TPSA) is 124 Å². The molecule has 1 heterocycles. The second kappa shape index (κ2) is 11.2. The van der Waals surface area contributed by atoms with Gasteiger partial charge in [-0.25, -0.2) is 0 Å². The van der Waals surface area contributed by atoms with Gasteiger partial charge in [-0.3, -0.25) is 4.79 Å². The van der Waals surface area contributed by atoms with Crippen LogP contribution in [-0.4, -0.2) is 35.4 Å². The summed E-state index contributed by atoms with van der Waals surface area (Å²) in [5.74, 6) is 1.29. The van der Waals surface area contributed by atoms with Crippen molar-refractivity contribution in [1.82, 2.24) is 10.1 Å². The predicted molar refractivity (Wildman–Crippen MR) is 123 cm³/mol. The molecule has 8 heteroatoms. The lowest BCUT2D eigenvalue weighted by atomic mass is 10.0. The molecule has 0 saturated carbocycles. The van der Waals surface area contributed by atoms with Crippen LogP contribution in [-0.2, 0) is 22.4 Å². The first-order valence-electron chi connectivity index (χ1n) is 10.9. The minimum Gasteiger partial charge on any atom is -0.490 e. The first kappa shape index (κ1) is 24.0. The number of carbonyl (C=O) groups excluding carboxylic acids is 1. The van der Waals surface area contributed by atoms with E-state index in [4.69, 9.17) is 15.0 Å². The molecule has 1 aromatic heterocycles. The number of hydrogen-bond donors (Lipinski definition) is 1. The van der Waals surface area contributed by atoms with Crippen molar-refractivity contribution in [3.05, 3.63) is 53.1 Å². The Balaban J connectivity index is 0.000000383. The van der Waals surface area contributed by atoms with Crippen molar-refractivity contribution >= 4 is 5.97 Å². The van der Waals surface area contributed by atoms with Crippen LogP contribution in [0.1, 0.15) is 43.9 Å². The highest BCUT2D eigenvalue weighted by Crippen LogP contribution is 2.32. The van der Waals surface area contributed by atoms with Gasteiger partial charge in [0.25, 0.3) is 5.89 Å². The minimum atomic E-state index is -0.273. The van der Waals surface area contributed by atoms with Gasteiger partial charge in [0, 0.05) is 24.6 Å². The number of nitriles is 1. The molecule has 0 fully saturated rings. The molecule has 2 N–H and O–H groups in total. The summed E-state index contributed by atoms with van der Waals surface area (Å²) in [5, 5.41) is 13.6. The Morgan fingerprint density at radius 1 is 1.27 bits per heavy atom. The molecule has 0 radical (unpaired) electrons. The fourth-order valence-electron chi connectivity index (χ4n) is 3.59. The highest BCUT2D eigenvalue weighted by molar-refractivity contribution is 5.67. The monoisotopic (exact) mass is 448 g/mol. The second-order valence-corrected chi connectivity index (χ2v) is 7.84. The van der Waals surface area contributed by atoms with Crippen molar-refractivity contribution in [3.8, 4) is 34.7 Å². The summed E-state index contributed by atoms with van der Waals surface area (Å²) in [6, 6.07) is 13.8. The number of rotatable bonds is 6. The second-order valence-electron chi connectivity index (χ2n) is 7.84. The van der Waals surface area contributed by atoms with Crippen LogP contribution in [0.3, 0.4) is 0 Å². The molecular weight excluding hydrogens is 420 g/mol. The van der Waals surface area contributed by atoms with Gasteiger partial charge in [0.05, 0.1) is 11.7 Å². The number of nitrogens with zero attached hydrogens (tertiary/aromatic N) is 3. The van der Waals surface area contributed by atoms with Crippen LogP contribution in [0.25, 0.3) is 22.8 Å². The Hall–Kier alpha value is -3.70. The van der Waals surface area contributed by atoms with E-state index < -0.39 is 0 Å². The third kappa shape index (κ3) is 6.18. The normalized spacial score (nSPS) is 11.9. The fraction of sp³-hybridized carbons (Fsp3) is 0.360. The molecule has 0 bridgehead atoms. The molecule has 0 saturated heterocycles. The lowest BCUT2D eigenvalue weighted by Gasteiger charge is -2.11. The lowest BCUT2D eigenvalue weighted by Crippen LogP contribution is -2.10. The standard InChI is InChI=1S/C21H19N3O2.C4H9NO2/c1-13(2)25-19-10-9-15(11-16(19)12-22)21-23-20(24-26-21)18-8-4-6-14-5-3-7-17(14)18;1-4(6)7-3-2-5/h4,6,8-11,13H,3,5,7H2,1-2H3;2-3,5H2,1H3. The molecule has 1 aliphatic carbocycles. The zero-order valence-corrected chi connectivity index (χ0v) is 19.1. The number of aromatic nitrogens is 2. The lowest BCUT2D eigenvalue weighted by molar-refractivity contribution is -0.140. The van der Waals surface area contributed by atoms with Crippen molar-refractivity contribution in [3.63, 3.8) is 0 Å². The average Bonchev–Trinajstić information content (AvgIpc) is 3.47. The third-order valence-electron chi connectivity index (χ3n) is 4.95. The quantitative estimate of drug-likeness (QED) is 0.560. The Morgan fingerprint density at radius 3 is 2.76 bits per heavy atom. The van der Waals surface area contributed by atoms with Gasteiger partial charge in [0.2, 0.25) is 5.82 Å². The number of benzene rings is 2. The Labute approximate surface area is 193 Å². The molecule has 0 atom stereocenters. The number of fused-ring (bicyclic) bond motifs is 1. The molecule has 0 amide bonds. The molecule has 0 aliphatic heterocycles. The van der Waals surface area contributed by atoms with Crippen molar-refractivity contribution in [2.75, 3.05) is 13.2 Å². The summed E-state index contributed by atoms with van der Waals surface area (Å²) >= 11 is 0. The van der Waals surface area contributed by atoms with E-state index in [-0.39, 0.29) is 12.1 Å². The summed E-state index contributed by atoms with van der Waals surface area (Å²) in [6.07, 6.45) is 3.33. The first-order valence-corrected chi connectivity index (χ1v) is 10.9. The maximum atomic E-state index is 9.92. The SMILES string of the molecule is CC(=O)OCCN.CC(C)Oc1ccc(-c2nc(-c3cccc4c3CCC4)no2)cc1C#N. The molecule has 3 aromatic rings. The predicted octanol–water partition coefficient (Wildman–Crippen LogP) is 4.06. The van der Waals surface area contributed by atoms with Crippen molar-refractivity contribution in [2.45, 2.75) is 46.1 Å². The number of ether oxygens (including phenoxy) is 2. The highest BCUT2D eigenvalue weighted by Gasteiger charge is 2.20. The van der Waals surface area contributed by atoms with Crippen LogP contribution >= 0.6 is 0 Å². The van der Waals surface area contributed by atoms with Gasteiger partial charge >= 0.3 is 5.97 Å². The first-order chi connectivity index (χ1) is 15.9. The minimum absolute atomic E-state index is 0.00290. The third-order valence-corrected chi connectivity index (χ3v) is 4.95. The van der Waals surface area contributed by atoms with E-state index >= 15 is 0 Å². The molecule has 2 aromatic carbocycles. The smallest absolute Gasteiger partial charge is 0.302 e. The molecule has 1 aliphatic rings. The van der Waals surface area contributed by atoms with Crippen LogP contribution in [0.5, 0.6) is 5.75 Å². The Bertz CT molecular complexity index is 1150. The summed E-state index contributed by atoms with van der Waals surface area (Å²) in [4.78, 5) is 14.5. The molecule has 172 valence electrons. The van der Waals surface area contributed by atoms with Gasteiger partial charge in [-0.05, 0) is 62.4 Å². The maximum Gasteiger partial charge on any atom is 0.302 e. The van der Waals surface area contributed by atoms with Crippen LogP contribution in [0.2, 0.25) is 0 Å². The van der Waals surface area contributed by atoms with Crippen LogP contribution in [0.4, 0.5) is 0 Å². The van der Waals surface area contributed by atoms with Crippen LogP contribution in [0, 0.1) is 11.3 Å². The van der Waals surface area contributed by atoms with E-state index in [1.54, 1.807) is 12.1 Å². The van der Waals surface area contributed by atoms with Gasteiger partial charge in [0.1, 0.15) is 18.4 Å². The number of nitrogens with two attached hydrogens (primary N) is 1. The van der Waals surface area contributed by atoms with E-state index in [9.17, 15) is 10.1 Å². The van der Waals surface area contributed by atoms with E-state index in [0.29, 0.717) is 41.7 Å². The van der Waals surface area contributed by atoms with Crippen molar-refractivity contribution in [2.24, 2.45) is 5.73 Å². The van der Waals surface area contributed by atoms with Gasteiger partial charge in [-0.15, -0.1) is 0 Å². The summed E-state index contributed by atoms with van der Waals surface area (Å²) in [5.41, 5.74) is 9.89. The highest BCUT2D eigenvalue weighted by atomic mass is 16.5. The van der Waals surface area contributed by atoms with Gasteiger partial charge < -0.3 is 19.7 Å². The van der Waals surface area contributed by atoms with E-state index in [0.717, 1.165) is 18.4 Å². The Kier molecular flexibility index (Phi) is 8.17. The Morgan fingerprint density at radius 2 is 2.09 bits per heavy atom. The largest absolute Gasteiger partial charge is 0.490 e.